The smallest absolute Gasteiger partial charge is 0.129 e. The summed E-state index contributed by atoms with van der Waals surface area (Å²) < 4.78 is 16.8. The van der Waals surface area contributed by atoms with Crippen LogP contribution in [0.4, 0.5) is 0 Å². The summed E-state index contributed by atoms with van der Waals surface area (Å²) in [5.74, 6) is 2.11. The van der Waals surface area contributed by atoms with Gasteiger partial charge >= 0.3 is 0 Å². The predicted octanol–water partition coefficient (Wildman–Crippen LogP) is 2.17. The Hall–Kier alpha value is -1.17. The summed E-state index contributed by atoms with van der Waals surface area (Å²) in [5.41, 5.74) is 6.71. The van der Waals surface area contributed by atoms with E-state index in [1.165, 1.54) is 0 Å². The van der Waals surface area contributed by atoms with E-state index in [-0.39, 0.29) is 25.1 Å². The van der Waals surface area contributed by atoms with E-state index in [4.69, 9.17) is 25.1 Å². The number of halogens is 1. The third-order valence-corrected chi connectivity index (χ3v) is 2.75. The van der Waals surface area contributed by atoms with Crippen LogP contribution in [0.2, 0.25) is 0 Å². The van der Waals surface area contributed by atoms with Gasteiger partial charge in [-0.15, -0.1) is 12.4 Å². The third kappa shape index (κ3) is 5.99. The summed E-state index contributed by atoms with van der Waals surface area (Å²) in [6, 6.07) is 3.34. The highest BCUT2D eigenvalue weighted by atomic mass is 35.5. The van der Waals surface area contributed by atoms with Gasteiger partial charge in [0.25, 0.3) is 0 Å². The quantitative estimate of drug-likeness (QED) is 0.729. The molecule has 21 heavy (non-hydrogen) atoms. The number of nitrogens with two attached hydrogens (primary N) is 1. The molecule has 1 unspecified atom stereocenters. The van der Waals surface area contributed by atoms with Crippen molar-refractivity contribution in [2.24, 2.45) is 5.73 Å². The molecule has 122 valence electrons. The standard InChI is InChI=1S/C15H25NO4.ClH/c1-4-18-12-8-14(19-5-2)13(7-11(16)10-17)15(9-12)20-6-3;/h8-9,11,17H,4-7,10,16H2,1-3H3;1H. The molecular formula is C15H26ClNO4. The Balaban J connectivity index is 0.00000400. The van der Waals surface area contributed by atoms with E-state index >= 15 is 0 Å². The molecule has 1 rings (SSSR count). The summed E-state index contributed by atoms with van der Waals surface area (Å²) in [7, 11) is 0. The van der Waals surface area contributed by atoms with Gasteiger partial charge in [0.15, 0.2) is 0 Å². The molecule has 0 aliphatic carbocycles. The van der Waals surface area contributed by atoms with Gasteiger partial charge in [-0.05, 0) is 27.2 Å². The number of aliphatic hydroxyl groups is 1. The van der Waals surface area contributed by atoms with Crippen molar-refractivity contribution in [1.29, 1.82) is 0 Å². The Labute approximate surface area is 132 Å². The summed E-state index contributed by atoms with van der Waals surface area (Å²) in [6.45, 7) is 7.35. The van der Waals surface area contributed by atoms with E-state index in [0.717, 1.165) is 5.56 Å². The third-order valence-electron chi connectivity index (χ3n) is 2.75. The molecular weight excluding hydrogens is 294 g/mol. The lowest BCUT2D eigenvalue weighted by molar-refractivity contribution is 0.260. The maximum atomic E-state index is 9.15. The first-order chi connectivity index (χ1) is 9.65. The lowest BCUT2D eigenvalue weighted by Crippen LogP contribution is -2.27. The highest BCUT2D eigenvalue weighted by molar-refractivity contribution is 5.85. The first-order valence-corrected chi connectivity index (χ1v) is 7.07. The number of rotatable bonds is 9. The van der Waals surface area contributed by atoms with Gasteiger partial charge in [0.1, 0.15) is 17.2 Å². The van der Waals surface area contributed by atoms with Crippen molar-refractivity contribution in [3.63, 3.8) is 0 Å². The van der Waals surface area contributed by atoms with E-state index < -0.39 is 0 Å². The molecule has 5 nitrogen and oxygen atoms in total. The van der Waals surface area contributed by atoms with E-state index in [9.17, 15) is 0 Å². The molecule has 0 heterocycles. The lowest BCUT2D eigenvalue weighted by Gasteiger charge is -2.19. The van der Waals surface area contributed by atoms with Crippen LogP contribution in [-0.2, 0) is 6.42 Å². The van der Waals surface area contributed by atoms with Crippen molar-refractivity contribution < 1.29 is 19.3 Å². The van der Waals surface area contributed by atoms with Crippen molar-refractivity contribution in [3.8, 4) is 17.2 Å². The van der Waals surface area contributed by atoms with Gasteiger partial charge in [-0.25, -0.2) is 0 Å². The van der Waals surface area contributed by atoms with Crippen LogP contribution in [0, 0.1) is 0 Å². The van der Waals surface area contributed by atoms with Gasteiger partial charge in [0.05, 0.1) is 26.4 Å². The summed E-state index contributed by atoms with van der Waals surface area (Å²) in [4.78, 5) is 0. The number of ether oxygens (including phenoxy) is 3. The average molecular weight is 320 g/mol. The summed E-state index contributed by atoms with van der Waals surface area (Å²) >= 11 is 0. The molecule has 0 fully saturated rings. The maximum absolute atomic E-state index is 9.15. The number of aliphatic hydroxyl groups excluding tert-OH is 1. The second kappa shape index (κ2) is 10.5. The van der Waals surface area contributed by atoms with E-state index in [1.54, 1.807) is 0 Å². The van der Waals surface area contributed by atoms with Crippen LogP contribution in [0.15, 0.2) is 12.1 Å². The van der Waals surface area contributed by atoms with Crippen molar-refractivity contribution in [3.05, 3.63) is 17.7 Å². The van der Waals surface area contributed by atoms with Crippen LogP contribution in [0.3, 0.4) is 0 Å². The Morgan fingerprint density at radius 3 is 1.86 bits per heavy atom. The Kier molecular flexibility index (Phi) is 9.95. The molecule has 0 radical (unpaired) electrons. The molecule has 6 heteroatoms. The van der Waals surface area contributed by atoms with Crippen LogP contribution in [0.5, 0.6) is 17.2 Å². The molecule has 0 saturated heterocycles. The van der Waals surface area contributed by atoms with E-state index in [1.807, 2.05) is 32.9 Å². The monoisotopic (exact) mass is 319 g/mol. The second-order valence-corrected chi connectivity index (χ2v) is 4.34. The SMILES string of the molecule is CCOc1cc(OCC)c(CC(N)CO)c(OCC)c1.Cl. The zero-order valence-corrected chi connectivity index (χ0v) is 13.7. The molecule has 1 aromatic rings. The van der Waals surface area contributed by atoms with Crippen LogP contribution in [0.1, 0.15) is 26.3 Å². The van der Waals surface area contributed by atoms with Crippen molar-refractivity contribution in [1.82, 2.24) is 0 Å². The minimum Gasteiger partial charge on any atom is -0.494 e. The molecule has 0 saturated carbocycles. The Bertz CT molecular complexity index is 388. The fourth-order valence-electron chi connectivity index (χ4n) is 1.94. The highest BCUT2D eigenvalue weighted by Gasteiger charge is 2.16. The first kappa shape index (κ1) is 19.8. The lowest BCUT2D eigenvalue weighted by atomic mass is 10.0. The number of benzene rings is 1. The fourth-order valence-corrected chi connectivity index (χ4v) is 1.94. The van der Waals surface area contributed by atoms with Crippen molar-refractivity contribution >= 4 is 12.4 Å². The topological polar surface area (TPSA) is 73.9 Å². The van der Waals surface area contributed by atoms with Gasteiger partial charge in [-0.2, -0.15) is 0 Å². The highest BCUT2D eigenvalue weighted by Crippen LogP contribution is 2.35. The normalized spacial score (nSPS) is 11.5. The van der Waals surface area contributed by atoms with Crippen LogP contribution >= 0.6 is 12.4 Å². The van der Waals surface area contributed by atoms with E-state index in [2.05, 4.69) is 0 Å². The Morgan fingerprint density at radius 2 is 1.48 bits per heavy atom. The van der Waals surface area contributed by atoms with Crippen LogP contribution in [0.25, 0.3) is 0 Å². The minimum absolute atomic E-state index is 0. The number of hydrogen-bond donors (Lipinski definition) is 2. The van der Waals surface area contributed by atoms with Gasteiger partial charge < -0.3 is 25.1 Å². The Morgan fingerprint density at radius 1 is 1.00 bits per heavy atom. The molecule has 0 amide bonds. The molecule has 0 aliphatic rings. The molecule has 0 spiro atoms. The summed E-state index contributed by atoms with van der Waals surface area (Å²) in [6.07, 6.45) is 0.494. The van der Waals surface area contributed by atoms with Gasteiger partial charge in [0, 0.05) is 23.7 Å². The average Bonchev–Trinajstić information content (AvgIpc) is 2.43. The van der Waals surface area contributed by atoms with Gasteiger partial charge in [-0.3, -0.25) is 0 Å². The molecule has 0 bridgehead atoms. The van der Waals surface area contributed by atoms with Gasteiger partial charge in [-0.1, -0.05) is 0 Å². The van der Waals surface area contributed by atoms with Gasteiger partial charge in [0.2, 0.25) is 0 Å². The van der Waals surface area contributed by atoms with Crippen molar-refractivity contribution in [2.45, 2.75) is 33.2 Å². The minimum atomic E-state index is -0.341. The largest absolute Gasteiger partial charge is 0.494 e. The zero-order valence-electron chi connectivity index (χ0n) is 12.9. The fraction of sp³-hybridized carbons (Fsp3) is 0.600. The first-order valence-electron chi connectivity index (χ1n) is 7.07. The zero-order chi connectivity index (χ0) is 15.0. The van der Waals surface area contributed by atoms with Crippen molar-refractivity contribution in [2.75, 3.05) is 26.4 Å². The molecule has 1 aromatic carbocycles. The number of hydrogen-bond acceptors (Lipinski definition) is 5. The predicted molar refractivity (Wildman–Crippen MR) is 86.0 cm³/mol. The summed E-state index contributed by atoms with van der Waals surface area (Å²) in [5, 5.41) is 9.15. The second-order valence-electron chi connectivity index (χ2n) is 4.34. The molecule has 1 atom stereocenters. The van der Waals surface area contributed by atoms with Crippen LogP contribution < -0.4 is 19.9 Å². The molecule has 3 N–H and O–H groups in total. The van der Waals surface area contributed by atoms with Crippen LogP contribution in [-0.4, -0.2) is 37.6 Å². The maximum Gasteiger partial charge on any atom is 0.129 e. The molecule has 0 aromatic heterocycles. The van der Waals surface area contributed by atoms with E-state index in [0.29, 0.717) is 43.5 Å². The molecule has 0 aliphatic heterocycles.